The van der Waals surface area contributed by atoms with E-state index < -0.39 is 46.0 Å². The largest absolute Gasteiger partial charge is 1.00 e. The molecule has 43 heavy (non-hydrogen) atoms. The van der Waals surface area contributed by atoms with E-state index >= 15 is 0 Å². The summed E-state index contributed by atoms with van der Waals surface area (Å²) in [4.78, 5) is 25.1. The third kappa shape index (κ3) is 4.80. The van der Waals surface area contributed by atoms with Gasteiger partial charge in [0.15, 0.2) is 0 Å². The number of carbonyl (C=O) groups is 2. The van der Waals surface area contributed by atoms with Crippen molar-refractivity contribution in [1.29, 1.82) is 0 Å². The van der Waals surface area contributed by atoms with Crippen molar-refractivity contribution in [2.45, 2.75) is 39.5 Å². The number of Topliss-reactive ketones (excluding diaryl/α,β-unsaturated/α-hetero) is 1. The molecule has 6 rings (SSSR count). The highest BCUT2D eigenvalue weighted by Crippen LogP contribution is 2.56. The van der Waals surface area contributed by atoms with Gasteiger partial charge in [0.05, 0.1) is 43.1 Å². The minimum absolute atomic E-state index is 0. The molecule has 0 amide bonds. The zero-order valence-electron chi connectivity index (χ0n) is 24.1. The van der Waals surface area contributed by atoms with Crippen LogP contribution in [0.1, 0.15) is 19.4 Å². The molecule has 0 saturated heterocycles. The number of aryl methyl sites for hydroxylation is 2. The van der Waals surface area contributed by atoms with Gasteiger partial charge < -0.3 is 32.5 Å². The molecule has 1 aromatic heterocycles. The highest BCUT2D eigenvalue weighted by atomic mass is 35.5. The summed E-state index contributed by atoms with van der Waals surface area (Å²) in [6, 6.07) is 9.34. The van der Waals surface area contributed by atoms with Crippen molar-refractivity contribution in [3.05, 3.63) is 65.8 Å². The average molecular weight is 630 g/mol. The minimum atomic E-state index is -4.11. The summed E-state index contributed by atoms with van der Waals surface area (Å²) in [5, 5.41) is 33.2. The first-order valence-corrected chi connectivity index (χ1v) is 15.5. The van der Waals surface area contributed by atoms with E-state index in [4.69, 9.17) is 5.11 Å². The second kappa shape index (κ2) is 11.2. The smallest absolute Gasteiger partial charge is 0.326 e. The Morgan fingerprint density at radius 3 is 2.63 bits per heavy atom. The summed E-state index contributed by atoms with van der Waals surface area (Å²) in [5.74, 6) is -4.22. The van der Waals surface area contributed by atoms with Gasteiger partial charge in [0, 0.05) is 30.7 Å². The highest BCUT2D eigenvalue weighted by molar-refractivity contribution is 7.94. The van der Waals surface area contributed by atoms with Gasteiger partial charge in [0.2, 0.25) is 6.33 Å². The van der Waals surface area contributed by atoms with Crippen LogP contribution in [0.15, 0.2) is 60.2 Å². The van der Waals surface area contributed by atoms with Gasteiger partial charge in [-0.15, -0.1) is 0 Å². The van der Waals surface area contributed by atoms with Crippen LogP contribution in [0.2, 0.25) is 0 Å². The highest BCUT2D eigenvalue weighted by Gasteiger charge is 2.60. The SMILES string of the molecule is C[C@@H](O)[C@H]1C(=O)C2C(C(=O)[O-])=C(CN3c4cccc5cc(CCn6cc[n+](CCO)c6)cc(c45)N(C)S3(=O)=O)[C@H](C)[C@@H]21.[Cl-]. The van der Waals surface area contributed by atoms with E-state index in [0.717, 1.165) is 16.3 Å². The number of aliphatic hydroxyl groups excluding tert-OH is 2. The zero-order chi connectivity index (χ0) is 30.1. The molecule has 0 spiro atoms. The first-order valence-electron chi connectivity index (χ1n) is 14.1. The van der Waals surface area contributed by atoms with Crippen molar-refractivity contribution in [3.8, 4) is 0 Å². The van der Waals surface area contributed by atoms with Gasteiger partial charge in [-0.2, -0.15) is 8.42 Å². The molecule has 0 bridgehead atoms. The summed E-state index contributed by atoms with van der Waals surface area (Å²) in [6.07, 6.45) is 5.45. The van der Waals surface area contributed by atoms with Crippen LogP contribution in [0, 0.1) is 23.7 Å². The summed E-state index contributed by atoms with van der Waals surface area (Å²) in [6.45, 7) is 4.30. The number of ketones is 1. The monoisotopic (exact) mass is 629 g/mol. The Kier molecular flexibility index (Phi) is 8.10. The fourth-order valence-corrected chi connectivity index (χ4v) is 8.57. The van der Waals surface area contributed by atoms with Crippen LogP contribution < -0.4 is 30.7 Å². The molecule has 11 nitrogen and oxygen atoms in total. The molecule has 1 saturated carbocycles. The van der Waals surface area contributed by atoms with Gasteiger partial charge in [0.1, 0.15) is 24.7 Å². The molecule has 0 radical (unpaired) electrons. The van der Waals surface area contributed by atoms with Crippen molar-refractivity contribution in [2.75, 3.05) is 28.8 Å². The van der Waals surface area contributed by atoms with Crippen LogP contribution in [-0.4, -0.2) is 61.3 Å². The molecule has 1 fully saturated rings. The lowest BCUT2D eigenvalue weighted by atomic mass is 9.59. The van der Waals surface area contributed by atoms with Crippen molar-refractivity contribution in [1.82, 2.24) is 4.57 Å². The lowest BCUT2D eigenvalue weighted by Gasteiger charge is -2.44. The maximum Gasteiger partial charge on any atom is 0.326 e. The molecular weight excluding hydrogens is 596 g/mol. The number of nitrogens with zero attached hydrogens (tertiary/aromatic N) is 4. The predicted octanol–water partition coefficient (Wildman–Crippen LogP) is -2.82. The molecule has 2 N–H and O–H groups in total. The number of imidazole rings is 1. The number of aromatic nitrogens is 2. The Bertz CT molecular complexity index is 1750. The third-order valence-electron chi connectivity index (χ3n) is 9.26. The quantitative estimate of drug-likeness (QED) is 0.243. The molecule has 13 heteroatoms. The molecule has 5 atom stereocenters. The van der Waals surface area contributed by atoms with E-state index in [-0.39, 0.29) is 36.9 Å². The van der Waals surface area contributed by atoms with Crippen LogP contribution in [0.4, 0.5) is 11.4 Å². The number of carboxylic acids is 1. The number of carboxylic acid groups (broad SMARTS) is 1. The molecule has 1 unspecified atom stereocenters. The van der Waals surface area contributed by atoms with Crippen molar-refractivity contribution >= 4 is 44.1 Å². The number of rotatable bonds is 9. The van der Waals surface area contributed by atoms with E-state index in [0.29, 0.717) is 36.5 Å². The van der Waals surface area contributed by atoms with Crippen LogP contribution >= 0.6 is 0 Å². The number of aliphatic carboxylic acids is 1. The minimum Gasteiger partial charge on any atom is -1.00 e. The number of hydrogen-bond acceptors (Lipinski definition) is 7. The van der Waals surface area contributed by atoms with Gasteiger partial charge in [0.25, 0.3) is 0 Å². The van der Waals surface area contributed by atoms with Crippen LogP contribution in [-0.2, 0) is 39.3 Å². The summed E-state index contributed by atoms with van der Waals surface area (Å²) in [5.41, 5.74) is 2.14. The Morgan fingerprint density at radius 1 is 1.21 bits per heavy atom. The Balaban J connectivity index is 0.00000368. The second-order valence-corrected chi connectivity index (χ2v) is 13.5. The molecule has 2 aliphatic carbocycles. The van der Waals surface area contributed by atoms with Gasteiger partial charge in [-0.3, -0.25) is 9.10 Å². The van der Waals surface area contributed by atoms with Crippen molar-refractivity contribution in [2.24, 2.45) is 23.7 Å². The maximum atomic E-state index is 14.0. The standard InChI is InChI=1S/C30H34N4O7S.ClH/c1-17-21(27(30(38)39)28-24(17)25(18(2)36)29(28)37)15-34-22-6-4-5-20-13-19(7-8-32-9-10-33(16-32)11-12-35)14-23(26(20)22)31(3)42(34,40)41;/h4-6,9-10,13-14,16-18,24-25,28,35-36H,7-8,11-12,15H2,1-3H3;1H/p-1/t17-,18+,24+,25+,28?;/m0./s1. The molecule has 1 aliphatic heterocycles. The normalized spacial score (nSPS) is 24.5. The van der Waals surface area contributed by atoms with E-state index in [1.54, 1.807) is 19.1 Å². The topological polar surface area (TPSA) is 147 Å². The van der Waals surface area contributed by atoms with Crippen LogP contribution in [0.3, 0.4) is 0 Å². The van der Waals surface area contributed by atoms with E-state index in [1.807, 2.05) is 46.1 Å². The Hall–Kier alpha value is -3.45. The fraction of sp³-hybridized carbons (Fsp3) is 0.433. The van der Waals surface area contributed by atoms with Gasteiger partial charge in [-0.25, -0.2) is 13.4 Å². The van der Waals surface area contributed by atoms with Gasteiger partial charge in [-0.05, 0) is 53.0 Å². The maximum absolute atomic E-state index is 14.0. The number of aliphatic hydroxyl groups is 2. The van der Waals surface area contributed by atoms with E-state index in [1.165, 1.54) is 22.6 Å². The third-order valence-corrected chi connectivity index (χ3v) is 11.0. The molecular formula is C30H34ClN4O7S-. The first-order chi connectivity index (χ1) is 19.9. The van der Waals surface area contributed by atoms with Gasteiger partial charge >= 0.3 is 10.2 Å². The first kappa shape index (κ1) is 31.0. The van der Waals surface area contributed by atoms with E-state index in [2.05, 4.69) is 0 Å². The van der Waals surface area contributed by atoms with E-state index in [9.17, 15) is 28.2 Å². The number of anilines is 2. The molecule has 3 aliphatic rings. The summed E-state index contributed by atoms with van der Waals surface area (Å²) >= 11 is 0. The number of carbonyl (C=O) groups excluding carboxylic acids is 2. The molecule has 2 heterocycles. The molecule has 2 aromatic carbocycles. The zero-order valence-corrected chi connectivity index (χ0v) is 25.6. The average Bonchev–Trinajstić information content (AvgIpc) is 3.48. The lowest BCUT2D eigenvalue weighted by molar-refractivity contribution is -0.697. The number of hydrogen-bond donors (Lipinski definition) is 2. The Labute approximate surface area is 256 Å². The number of fused-ring (bicyclic) bond motifs is 1. The Morgan fingerprint density at radius 2 is 1.95 bits per heavy atom. The van der Waals surface area contributed by atoms with Crippen molar-refractivity contribution in [3.63, 3.8) is 0 Å². The summed E-state index contributed by atoms with van der Waals surface area (Å²) < 4.78 is 34.3. The van der Waals surface area contributed by atoms with Crippen molar-refractivity contribution < 1.29 is 50.3 Å². The fourth-order valence-electron chi connectivity index (χ4n) is 7.18. The summed E-state index contributed by atoms with van der Waals surface area (Å²) in [7, 11) is -2.62. The van der Waals surface area contributed by atoms with Crippen LogP contribution in [0.5, 0.6) is 0 Å². The molecule has 3 aromatic rings. The van der Waals surface area contributed by atoms with Gasteiger partial charge in [-0.1, -0.05) is 25.1 Å². The number of halogens is 1. The second-order valence-electron chi connectivity index (χ2n) is 11.6. The lowest BCUT2D eigenvalue weighted by Crippen LogP contribution is -3.00. The molecule has 230 valence electrons. The van der Waals surface area contributed by atoms with Crippen LogP contribution in [0.25, 0.3) is 10.8 Å². The number of benzene rings is 2. The predicted molar refractivity (Wildman–Crippen MR) is 152 cm³/mol.